The van der Waals surface area contributed by atoms with E-state index in [9.17, 15) is 0 Å². The maximum Gasteiger partial charge on any atom is 0.227 e. The first-order chi connectivity index (χ1) is 27.7. The maximum atomic E-state index is 6.25. The topological polar surface area (TPSA) is 29.3 Å². The van der Waals surface area contributed by atoms with Crippen LogP contribution in [0.2, 0.25) is 0 Å². The zero-order valence-electron chi connectivity index (χ0n) is 30.6. The molecule has 0 atom stereocenters. The summed E-state index contributed by atoms with van der Waals surface area (Å²) in [6.45, 7) is 0. The lowest BCUT2D eigenvalue weighted by Crippen LogP contribution is -2.09. The van der Waals surface area contributed by atoms with Gasteiger partial charge in [0.2, 0.25) is 5.71 Å². The summed E-state index contributed by atoms with van der Waals surface area (Å²) in [5, 5.41) is 2.11. The summed E-state index contributed by atoms with van der Waals surface area (Å²) in [7, 11) is 0. The maximum absolute atomic E-state index is 6.25. The Hall–Kier alpha value is -7.49. The van der Waals surface area contributed by atoms with Crippen molar-refractivity contribution < 1.29 is 4.42 Å². The summed E-state index contributed by atoms with van der Waals surface area (Å²) in [4.78, 5) is 6.77. The van der Waals surface area contributed by atoms with Gasteiger partial charge in [-0.3, -0.25) is 0 Å². The molecule has 56 heavy (non-hydrogen) atoms. The lowest BCUT2D eigenvalue weighted by Gasteiger charge is -2.26. The Kier molecular flexibility index (Phi) is 8.51. The summed E-state index contributed by atoms with van der Waals surface area (Å²) in [6, 6.07) is 75.5. The van der Waals surface area contributed by atoms with E-state index in [-0.39, 0.29) is 0 Å². The van der Waals surface area contributed by atoms with Crippen molar-refractivity contribution in [1.82, 2.24) is 4.98 Å². The van der Waals surface area contributed by atoms with Crippen LogP contribution in [0.25, 0.3) is 77.7 Å². The fourth-order valence-corrected chi connectivity index (χ4v) is 7.70. The molecule has 0 aliphatic heterocycles. The highest BCUT2D eigenvalue weighted by Crippen LogP contribution is 2.39. The van der Waals surface area contributed by atoms with E-state index in [0.29, 0.717) is 5.71 Å². The first-order valence-electron chi connectivity index (χ1n) is 18.9. The number of hydrogen-bond acceptors (Lipinski definition) is 3. The van der Waals surface area contributed by atoms with E-state index in [1.807, 2.05) is 6.07 Å². The third kappa shape index (κ3) is 6.31. The number of anilines is 3. The number of benzene rings is 8. The minimum atomic E-state index is 0.664. The molecule has 3 heteroatoms. The van der Waals surface area contributed by atoms with E-state index in [0.717, 1.165) is 61.2 Å². The second kappa shape index (κ2) is 14.4. The molecule has 10 rings (SSSR count). The first kappa shape index (κ1) is 33.1. The van der Waals surface area contributed by atoms with Gasteiger partial charge in [-0.2, -0.15) is 0 Å². The molecular weight excluding hydrogens is 681 g/mol. The summed E-state index contributed by atoms with van der Waals surface area (Å²) in [5.74, 6) is 0. The highest BCUT2D eigenvalue weighted by atomic mass is 16.3. The van der Waals surface area contributed by atoms with Crippen LogP contribution in [-0.2, 0) is 0 Å². The van der Waals surface area contributed by atoms with Gasteiger partial charge < -0.3 is 9.32 Å². The van der Waals surface area contributed by atoms with E-state index < -0.39 is 0 Å². The summed E-state index contributed by atoms with van der Waals surface area (Å²) < 4.78 is 6.25. The number of aromatic nitrogens is 1. The van der Waals surface area contributed by atoms with Crippen LogP contribution in [0.15, 0.2) is 223 Å². The van der Waals surface area contributed by atoms with Crippen molar-refractivity contribution in [3.05, 3.63) is 219 Å². The van der Waals surface area contributed by atoms with Crippen LogP contribution in [-0.4, -0.2) is 4.98 Å². The SMILES string of the molecule is c1ccc(-c2ccc(N(c3ccc(-c4ccccc4)cc3)c3ccc(-c4ccc(-c5cccc(-c6cccc7c6oc6ncccc67)c5)cc4)cc3)cc2)cc1. The Labute approximate surface area is 326 Å². The Balaban J connectivity index is 0.941. The van der Waals surface area contributed by atoms with E-state index in [2.05, 4.69) is 216 Å². The monoisotopic (exact) mass is 716 g/mol. The smallest absolute Gasteiger partial charge is 0.227 e. The van der Waals surface area contributed by atoms with Crippen LogP contribution in [0.1, 0.15) is 0 Å². The highest BCUT2D eigenvalue weighted by molar-refractivity contribution is 6.08. The summed E-state index contributed by atoms with van der Waals surface area (Å²) >= 11 is 0. The molecule has 0 aliphatic rings. The van der Waals surface area contributed by atoms with Crippen LogP contribution in [0.5, 0.6) is 0 Å². The number of furan rings is 1. The lowest BCUT2D eigenvalue weighted by molar-refractivity contribution is 0.655. The lowest BCUT2D eigenvalue weighted by atomic mass is 9.96. The van der Waals surface area contributed by atoms with Gasteiger partial charge in [0.1, 0.15) is 5.58 Å². The zero-order chi connectivity index (χ0) is 37.3. The van der Waals surface area contributed by atoms with E-state index in [1.54, 1.807) is 6.20 Å². The van der Waals surface area contributed by atoms with Crippen LogP contribution in [0, 0.1) is 0 Å². The molecule has 3 nitrogen and oxygen atoms in total. The molecule has 0 aliphatic carbocycles. The number of hydrogen-bond donors (Lipinski definition) is 0. The summed E-state index contributed by atoms with van der Waals surface area (Å²) in [6.07, 6.45) is 1.77. The van der Waals surface area contributed by atoms with Gasteiger partial charge in [0.05, 0.1) is 0 Å². The molecule has 2 heterocycles. The molecule has 8 aromatic carbocycles. The van der Waals surface area contributed by atoms with Crippen LogP contribution < -0.4 is 4.90 Å². The Morgan fingerprint density at radius 2 is 0.732 bits per heavy atom. The van der Waals surface area contributed by atoms with E-state index in [4.69, 9.17) is 4.42 Å². The van der Waals surface area contributed by atoms with Crippen molar-refractivity contribution >= 4 is 39.1 Å². The number of pyridine rings is 1. The Morgan fingerprint density at radius 3 is 1.27 bits per heavy atom. The fourth-order valence-electron chi connectivity index (χ4n) is 7.70. The van der Waals surface area contributed by atoms with Gasteiger partial charge in [-0.1, -0.05) is 158 Å². The molecular formula is C53H36N2O. The highest BCUT2D eigenvalue weighted by Gasteiger charge is 2.15. The molecule has 0 unspecified atom stereocenters. The quantitative estimate of drug-likeness (QED) is 0.157. The minimum absolute atomic E-state index is 0.664. The Bertz CT molecular complexity index is 2830. The van der Waals surface area contributed by atoms with Crippen molar-refractivity contribution in [3.63, 3.8) is 0 Å². The standard InChI is InChI=1S/C53H36N2O/c1-3-10-37(11-4-1)40-23-29-46(30-24-40)55(47-31-25-41(26-32-47)38-12-5-2-6-13-38)48-33-27-42(28-34-48)39-19-21-43(22-20-39)44-14-7-15-45(36-44)49-16-8-17-50-51-18-9-35-54-53(51)56-52(49)50/h1-36H. The molecule has 0 fully saturated rings. The molecule has 10 aromatic rings. The molecule has 0 bridgehead atoms. The van der Waals surface area contributed by atoms with Gasteiger partial charge in [0.15, 0.2) is 0 Å². The van der Waals surface area contributed by atoms with Crippen molar-refractivity contribution in [2.75, 3.05) is 4.90 Å². The van der Waals surface area contributed by atoms with Crippen molar-refractivity contribution in [2.45, 2.75) is 0 Å². The van der Waals surface area contributed by atoms with E-state index in [1.165, 1.54) is 27.8 Å². The van der Waals surface area contributed by atoms with Gasteiger partial charge in [-0.25, -0.2) is 4.98 Å². The third-order valence-electron chi connectivity index (χ3n) is 10.6. The molecule has 0 N–H and O–H groups in total. The molecule has 0 saturated heterocycles. The largest absolute Gasteiger partial charge is 0.437 e. The fraction of sp³-hybridized carbons (Fsp3) is 0. The number of fused-ring (bicyclic) bond motifs is 3. The Morgan fingerprint density at radius 1 is 0.321 bits per heavy atom. The molecule has 0 spiro atoms. The normalized spacial score (nSPS) is 11.2. The third-order valence-corrected chi connectivity index (χ3v) is 10.6. The average Bonchev–Trinajstić information content (AvgIpc) is 3.67. The van der Waals surface area contributed by atoms with Crippen LogP contribution in [0.4, 0.5) is 17.1 Å². The number of nitrogens with zero attached hydrogens (tertiary/aromatic N) is 2. The van der Waals surface area contributed by atoms with Crippen LogP contribution >= 0.6 is 0 Å². The van der Waals surface area contributed by atoms with Gasteiger partial charge in [0, 0.05) is 39.6 Å². The molecule has 0 saturated carbocycles. The molecule has 0 radical (unpaired) electrons. The van der Waals surface area contributed by atoms with Crippen molar-refractivity contribution in [2.24, 2.45) is 0 Å². The van der Waals surface area contributed by atoms with Crippen molar-refractivity contribution in [1.29, 1.82) is 0 Å². The molecule has 0 amide bonds. The zero-order valence-corrected chi connectivity index (χ0v) is 30.6. The second-order valence-corrected chi connectivity index (χ2v) is 14.0. The van der Waals surface area contributed by atoms with Crippen molar-refractivity contribution in [3.8, 4) is 55.6 Å². The minimum Gasteiger partial charge on any atom is -0.437 e. The molecule has 264 valence electrons. The predicted octanol–water partition coefficient (Wildman–Crippen LogP) is 14.8. The van der Waals surface area contributed by atoms with Gasteiger partial charge >= 0.3 is 0 Å². The van der Waals surface area contributed by atoms with E-state index >= 15 is 0 Å². The molecule has 2 aromatic heterocycles. The number of para-hydroxylation sites is 1. The van der Waals surface area contributed by atoms with Crippen LogP contribution in [0.3, 0.4) is 0 Å². The number of rotatable bonds is 8. The summed E-state index contributed by atoms with van der Waals surface area (Å²) in [5.41, 5.74) is 16.5. The van der Waals surface area contributed by atoms with Gasteiger partial charge in [-0.15, -0.1) is 0 Å². The second-order valence-electron chi connectivity index (χ2n) is 14.0. The first-order valence-corrected chi connectivity index (χ1v) is 18.9. The van der Waals surface area contributed by atoms with Gasteiger partial charge in [0.25, 0.3) is 0 Å². The van der Waals surface area contributed by atoms with Gasteiger partial charge in [-0.05, 0) is 105 Å². The average molecular weight is 717 g/mol. The predicted molar refractivity (Wildman–Crippen MR) is 233 cm³/mol.